The standard InChI is InChI=1S/C14H16BrCl2NO/c15-8-2-1-3-9-18-14(19)7-5-11-4-6-12(16)13(17)10-11/h4-7,10H,1-3,8-9H2,(H,18,19)/b7-5+. The van der Waals surface area contributed by atoms with Crippen LogP contribution in [0.15, 0.2) is 24.3 Å². The first-order valence-electron chi connectivity index (χ1n) is 6.10. The SMILES string of the molecule is O=C(/C=C/c1ccc(Cl)c(Cl)c1)NCCCCCBr. The van der Waals surface area contributed by atoms with Crippen LogP contribution in [0.1, 0.15) is 24.8 Å². The van der Waals surface area contributed by atoms with Gasteiger partial charge in [0.05, 0.1) is 10.0 Å². The Hall–Kier alpha value is -0.510. The predicted molar refractivity (Wildman–Crippen MR) is 86.2 cm³/mol. The molecule has 1 rings (SSSR count). The number of carbonyl (C=O) groups excluding carboxylic acids is 1. The van der Waals surface area contributed by atoms with Gasteiger partial charge in [-0.15, -0.1) is 0 Å². The van der Waals surface area contributed by atoms with Crippen LogP contribution in [0.5, 0.6) is 0 Å². The third kappa shape index (κ3) is 7.00. The molecule has 0 heterocycles. The number of rotatable bonds is 7. The predicted octanol–water partition coefficient (Wildman–Crippen LogP) is 4.69. The first-order valence-corrected chi connectivity index (χ1v) is 7.98. The van der Waals surface area contributed by atoms with Gasteiger partial charge in [0, 0.05) is 18.0 Å². The van der Waals surface area contributed by atoms with Crippen molar-refractivity contribution < 1.29 is 4.79 Å². The molecule has 0 aliphatic carbocycles. The summed E-state index contributed by atoms with van der Waals surface area (Å²) in [5, 5.41) is 4.84. The molecular formula is C14H16BrCl2NO. The van der Waals surface area contributed by atoms with Crippen molar-refractivity contribution in [2.24, 2.45) is 0 Å². The quantitative estimate of drug-likeness (QED) is 0.424. The molecule has 104 valence electrons. The smallest absolute Gasteiger partial charge is 0.243 e. The molecule has 0 fully saturated rings. The number of hydrogen-bond acceptors (Lipinski definition) is 1. The van der Waals surface area contributed by atoms with Crippen LogP contribution in [-0.2, 0) is 4.79 Å². The Labute approximate surface area is 132 Å². The first kappa shape index (κ1) is 16.5. The van der Waals surface area contributed by atoms with E-state index in [2.05, 4.69) is 21.2 Å². The van der Waals surface area contributed by atoms with Crippen molar-refractivity contribution >= 4 is 51.1 Å². The first-order chi connectivity index (χ1) is 9.13. The summed E-state index contributed by atoms with van der Waals surface area (Å²) in [5.41, 5.74) is 0.851. The third-order valence-electron chi connectivity index (χ3n) is 2.48. The van der Waals surface area contributed by atoms with Crippen LogP contribution in [0.2, 0.25) is 10.0 Å². The highest BCUT2D eigenvalue weighted by Crippen LogP contribution is 2.22. The molecule has 0 spiro atoms. The lowest BCUT2D eigenvalue weighted by Crippen LogP contribution is -2.21. The lowest BCUT2D eigenvalue weighted by molar-refractivity contribution is -0.116. The zero-order chi connectivity index (χ0) is 14.1. The number of benzene rings is 1. The van der Waals surface area contributed by atoms with Gasteiger partial charge in [-0.05, 0) is 36.6 Å². The van der Waals surface area contributed by atoms with E-state index in [1.165, 1.54) is 6.08 Å². The Bertz CT molecular complexity index is 449. The average molecular weight is 365 g/mol. The second kappa shape index (κ2) is 9.40. The summed E-state index contributed by atoms with van der Waals surface area (Å²) in [4.78, 5) is 11.5. The molecule has 19 heavy (non-hydrogen) atoms. The fraction of sp³-hybridized carbons (Fsp3) is 0.357. The maximum Gasteiger partial charge on any atom is 0.243 e. The van der Waals surface area contributed by atoms with Crippen LogP contribution >= 0.6 is 39.1 Å². The summed E-state index contributed by atoms with van der Waals surface area (Å²) in [6.07, 6.45) is 6.47. The molecule has 5 heteroatoms. The maximum absolute atomic E-state index is 11.5. The molecule has 1 N–H and O–H groups in total. The van der Waals surface area contributed by atoms with Gasteiger partial charge in [0.1, 0.15) is 0 Å². The molecule has 2 nitrogen and oxygen atoms in total. The lowest BCUT2D eigenvalue weighted by Gasteiger charge is -2.01. The zero-order valence-electron chi connectivity index (χ0n) is 10.5. The Morgan fingerprint density at radius 3 is 2.68 bits per heavy atom. The zero-order valence-corrected chi connectivity index (χ0v) is 13.6. The fourth-order valence-electron chi connectivity index (χ4n) is 1.45. The minimum Gasteiger partial charge on any atom is -0.353 e. The van der Waals surface area contributed by atoms with Gasteiger partial charge in [0.25, 0.3) is 0 Å². The number of halogens is 3. The Morgan fingerprint density at radius 2 is 2.00 bits per heavy atom. The van der Waals surface area contributed by atoms with Crippen LogP contribution in [0.3, 0.4) is 0 Å². The van der Waals surface area contributed by atoms with Gasteiger partial charge in [0.15, 0.2) is 0 Å². The molecule has 0 bridgehead atoms. The van der Waals surface area contributed by atoms with Gasteiger partial charge in [-0.3, -0.25) is 4.79 Å². The minimum atomic E-state index is -0.0927. The van der Waals surface area contributed by atoms with Gasteiger partial charge in [-0.1, -0.05) is 51.6 Å². The molecule has 0 saturated heterocycles. The Kier molecular flexibility index (Phi) is 8.19. The second-order valence-corrected chi connectivity index (χ2v) is 5.65. The number of unbranched alkanes of at least 4 members (excludes halogenated alkanes) is 2. The van der Waals surface area contributed by atoms with Crippen molar-refractivity contribution in [1.82, 2.24) is 5.32 Å². The van der Waals surface area contributed by atoms with Crippen molar-refractivity contribution in [1.29, 1.82) is 0 Å². The monoisotopic (exact) mass is 363 g/mol. The molecule has 0 radical (unpaired) electrons. The van der Waals surface area contributed by atoms with Gasteiger partial charge < -0.3 is 5.32 Å². The van der Waals surface area contributed by atoms with E-state index in [1.54, 1.807) is 18.2 Å². The average Bonchev–Trinajstić information content (AvgIpc) is 2.40. The van der Waals surface area contributed by atoms with Crippen LogP contribution < -0.4 is 5.32 Å². The van der Waals surface area contributed by atoms with E-state index in [0.29, 0.717) is 16.6 Å². The van der Waals surface area contributed by atoms with Gasteiger partial charge in [0.2, 0.25) is 5.91 Å². The van der Waals surface area contributed by atoms with E-state index >= 15 is 0 Å². The highest BCUT2D eigenvalue weighted by atomic mass is 79.9. The van der Waals surface area contributed by atoms with Crippen LogP contribution in [0.4, 0.5) is 0 Å². The van der Waals surface area contributed by atoms with E-state index in [9.17, 15) is 4.79 Å². The van der Waals surface area contributed by atoms with Gasteiger partial charge >= 0.3 is 0 Å². The molecule has 0 unspecified atom stereocenters. The molecule has 0 saturated carbocycles. The topological polar surface area (TPSA) is 29.1 Å². The van der Waals surface area contributed by atoms with E-state index in [-0.39, 0.29) is 5.91 Å². The normalized spacial score (nSPS) is 10.9. The molecular weight excluding hydrogens is 349 g/mol. The number of amides is 1. The molecule has 1 amide bonds. The second-order valence-electron chi connectivity index (χ2n) is 4.05. The summed E-state index contributed by atoms with van der Waals surface area (Å²) in [5.74, 6) is -0.0927. The Morgan fingerprint density at radius 1 is 1.21 bits per heavy atom. The third-order valence-corrected chi connectivity index (χ3v) is 3.78. The molecule has 1 aromatic rings. The number of carbonyl (C=O) groups is 1. The lowest BCUT2D eigenvalue weighted by atomic mass is 10.2. The molecule has 0 atom stereocenters. The number of nitrogens with one attached hydrogen (secondary N) is 1. The number of hydrogen-bond donors (Lipinski definition) is 1. The van der Waals surface area contributed by atoms with Gasteiger partial charge in [-0.25, -0.2) is 0 Å². The molecule has 0 aliphatic rings. The van der Waals surface area contributed by atoms with E-state index in [4.69, 9.17) is 23.2 Å². The minimum absolute atomic E-state index is 0.0927. The molecule has 0 aromatic heterocycles. The fourth-order valence-corrected chi connectivity index (χ4v) is 2.16. The van der Waals surface area contributed by atoms with E-state index in [0.717, 1.165) is 30.2 Å². The van der Waals surface area contributed by atoms with Crippen molar-refractivity contribution in [3.05, 3.63) is 39.9 Å². The summed E-state index contributed by atoms with van der Waals surface area (Å²) in [7, 11) is 0. The van der Waals surface area contributed by atoms with E-state index < -0.39 is 0 Å². The van der Waals surface area contributed by atoms with Gasteiger partial charge in [-0.2, -0.15) is 0 Å². The summed E-state index contributed by atoms with van der Waals surface area (Å²) < 4.78 is 0. The highest BCUT2D eigenvalue weighted by molar-refractivity contribution is 9.09. The van der Waals surface area contributed by atoms with Crippen molar-refractivity contribution in [2.45, 2.75) is 19.3 Å². The number of alkyl halides is 1. The van der Waals surface area contributed by atoms with Crippen molar-refractivity contribution in [2.75, 3.05) is 11.9 Å². The summed E-state index contributed by atoms with van der Waals surface area (Å²) in [6, 6.07) is 5.25. The molecule has 1 aromatic carbocycles. The van der Waals surface area contributed by atoms with Crippen LogP contribution in [-0.4, -0.2) is 17.8 Å². The van der Waals surface area contributed by atoms with Crippen molar-refractivity contribution in [3.63, 3.8) is 0 Å². The summed E-state index contributed by atoms with van der Waals surface area (Å²) in [6.45, 7) is 0.706. The summed E-state index contributed by atoms with van der Waals surface area (Å²) >= 11 is 15.1. The highest BCUT2D eigenvalue weighted by Gasteiger charge is 1.98. The molecule has 0 aliphatic heterocycles. The van der Waals surface area contributed by atoms with Crippen LogP contribution in [0, 0.1) is 0 Å². The Balaban J connectivity index is 2.34. The van der Waals surface area contributed by atoms with E-state index in [1.807, 2.05) is 6.07 Å². The largest absolute Gasteiger partial charge is 0.353 e. The van der Waals surface area contributed by atoms with Crippen LogP contribution in [0.25, 0.3) is 6.08 Å². The van der Waals surface area contributed by atoms with Crippen molar-refractivity contribution in [3.8, 4) is 0 Å². The maximum atomic E-state index is 11.5.